The van der Waals surface area contributed by atoms with Crippen molar-refractivity contribution in [3.63, 3.8) is 0 Å². The van der Waals surface area contributed by atoms with E-state index in [0.29, 0.717) is 16.9 Å². The molecule has 0 aliphatic rings. The van der Waals surface area contributed by atoms with Crippen LogP contribution in [-0.4, -0.2) is 24.6 Å². The summed E-state index contributed by atoms with van der Waals surface area (Å²) in [6.07, 6.45) is 4.03. The molecule has 0 saturated heterocycles. The largest absolute Gasteiger partial charge is 0.411 e. The summed E-state index contributed by atoms with van der Waals surface area (Å²) in [6, 6.07) is 22.5. The average Bonchev–Trinajstić information content (AvgIpc) is 3.55. The number of nitrogens with one attached hydrogen (secondary N) is 1. The molecule has 4 aromatic heterocycles. The number of aromatic amines is 1. The zero-order valence-electron chi connectivity index (χ0n) is 17.3. The highest BCUT2D eigenvalue weighted by Crippen LogP contribution is 2.33. The van der Waals surface area contributed by atoms with E-state index in [9.17, 15) is 0 Å². The van der Waals surface area contributed by atoms with Crippen molar-refractivity contribution in [2.75, 3.05) is 0 Å². The highest BCUT2D eigenvalue weighted by atomic mass is 32.2. The lowest BCUT2D eigenvalue weighted by molar-refractivity contribution is 0.466. The first-order valence-electron chi connectivity index (χ1n) is 10.3. The molecule has 4 heterocycles. The molecule has 0 fully saturated rings. The van der Waals surface area contributed by atoms with Gasteiger partial charge in [0.2, 0.25) is 0 Å². The summed E-state index contributed by atoms with van der Waals surface area (Å²) in [7, 11) is 0. The van der Waals surface area contributed by atoms with Crippen molar-refractivity contribution in [1.29, 1.82) is 0 Å². The van der Waals surface area contributed by atoms with Gasteiger partial charge in [-0.05, 0) is 24.6 Å². The second kappa shape index (κ2) is 7.69. The first kappa shape index (κ1) is 18.9. The molecule has 0 aliphatic carbocycles. The number of para-hydroxylation sites is 1. The fraction of sp³-hybridized carbons (Fsp3) is 0.0800. The average molecular weight is 438 g/mol. The van der Waals surface area contributed by atoms with Gasteiger partial charge >= 0.3 is 0 Å². The molecule has 0 bridgehead atoms. The predicted molar refractivity (Wildman–Crippen MR) is 127 cm³/mol. The maximum absolute atomic E-state index is 6.01. The molecule has 6 nitrogen and oxygen atoms in total. The molecule has 6 aromatic rings. The minimum Gasteiger partial charge on any atom is -0.411 e. The van der Waals surface area contributed by atoms with Crippen molar-refractivity contribution in [3.8, 4) is 22.7 Å². The van der Waals surface area contributed by atoms with E-state index in [1.807, 2.05) is 48.7 Å². The number of fused-ring (bicyclic) bond motifs is 2. The zero-order chi connectivity index (χ0) is 21.5. The number of rotatable bonds is 5. The topological polar surface area (TPSA) is 72.0 Å². The third-order valence-electron chi connectivity index (χ3n) is 5.47. The summed E-state index contributed by atoms with van der Waals surface area (Å²) in [4.78, 5) is 8.15. The molecular weight excluding hydrogens is 418 g/mol. The molecule has 0 unspecified atom stereocenters. The van der Waals surface area contributed by atoms with Crippen LogP contribution in [-0.2, 0) is 5.75 Å². The van der Waals surface area contributed by atoms with Gasteiger partial charge in [-0.2, -0.15) is 0 Å². The van der Waals surface area contributed by atoms with Gasteiger partial charge in [-0.3, -0.25) is 0 Å². The fourth-order valence-electron chi connectivity index (χ4n) is 3.92. The van der Waals surface area contributed by atoms with Crippen LogP contribution < -0.4 is 0 Å². The van der Waals surface area contributed by atoms with E-state index in [1.165, 1.54) is 17.3 Å². The molecule has 0 saturated carbocycles. The van der Waals surface area contributed by atoms with Crippen molar-refractivity contribution >= 4 is 28.3 Å². The maximum Gasteiger partial charge on any atom is 0.277 e. The number of hydrogen-bond donors (Lipinski definition) is 1. The van der Waals surface area contributed by atoms with Crippen molar-refractivity contribution < 1.29 is 4.42 Å². The van der Waals surface area contributed by atoms with Gasteiger partial charge in [0.25, 0.3) is 11.1 Å². The molecular formula is C25H19N5OS. The van der Waals surface area contributed by atoms with E-state index in [-0.39, 0.29) is 0 Å². The van der Waals surface area contributed by atoms with Crippen LogP contribution in [0, 0.1) is 6.92 Å². The molecule has 0 radical (unpaired) electrons. The summed E-state index contributed by atoms with van der Waals surface area (Å²) in [5.74, 6) is 1.17. The number of imidazole rings is 1. The van der Waals surface area contributed by atoms with Crippen LogP contribution in [0.4, 0.5) is 0 Å². The van der Waals surface area contributed by atoms with Crippen LogP contribution in [0.2, 0.25) is 0 Å². The van der Waals surface area contributed by atoms with E-state index >= 15 is 0 Å². The van der Waals surface area contributed by atoms with Gasteiger partial charge in [-0.15, -0.1) is 10.2 Å². The molecule has 32 heavy (non-hydrogen) atoms. The van der Waals surface area contributed by atoms with Gasteiger partial charge in [0.05, 0.1) is 17.0 Å². The minimum atomic E-state index is 0.516. The number of aromatic nitrogens is 5. The Labute approximate surface area is 188 Å². The Hall–Kier alpha value is -3.84. The fourth-order valence-corrected chi connectivity index (χ4v) is 4.69. The van der Waals surface area contributed by atoms with Crippen LogP contribution in [0.5, 0.6) is 0 Å². The molecule has 0 atom stereocenters. The van der Waals surface area contributed by atoms with Crippen LogP contribution in [0.15, 0.2) is 88.8 Å². The van der Waals surface area contributed by atoms with E-state index in [0.717, 1.165) is 39.1 Å². The predicted octanol–water partition coefficient (Wildman–Crippen LogP) is 6.13. The lowest BCUT2D eigenvalue weighted by atomic mass is 10.1. The van der Waals surface area contributed by atoms with E-state index < -0.39 is 0 Å². The summed E-state index contributed by atoms with van der Waals surface area (Å²) in [5, 5.41) is 10.2. The van der Waals surface area contributed by atoms with Crippen molar-refractivity contribution in [2.45, 2.75) is 17.9 Å². The van der Waals surface area contributed by atoms with Gasteiger partial charge in [-0.1, -0.05) is 66.4 Å². The summed E-state index contributed by atoms with van der Waals surface area (Å²) in [5.41, 5.74) is 7.23. The Morgan fingerprint density at radius 1 is 0.969 bits per heavy atom. The van der Waals surface area contributed by atoms with Crippen LogP contribution in [0.25, 0.3) is 39.3 Å². The first-order valence-corrected chi connectivity index (χ1v) is 11.3. The number of thioether (sulfide) groups is 1. The summed E-state index contributed by atoms with van der Waals surface area (Å²) < 4.78 is 8.16. The lowest BCUT2D eigenvalue weighted by Crippen LogP contribution is -1.94. The number of nitrogens with zero attached hydrogens (tertiary/aromatic N) is 4. The van der Waals surface area contributed by atoms with Crippen LogP contribution in [0.3, 0.4) is 0 Å². The van der Waals surface area contributed by atoms with E-state index in [2.05, 4.69) is 57.0 Å². The third-order valence-corrected chi connectivity index (χ3v) is 6.30. The first-order chi connectivity index (χ1) is 15.8. The molecule has 156 valence electrons. The molecule has 2 aromatic carbocycles. The summed E-state index contributed by atoms with van der Waals surface area (Å²) in [6.45, 7) is 2.09. The normalized spacial score (nSPS) is 11.5. The highest BCUT2D eigenvalue weighted by molar-refractivity contribution is 7.98. The molecule has 7 heteroatoms. The molecule has 0 aliphatic heterocycles. The standard InChI is InChI=1S/C25H19N5OS/c1-16-11-12-22-27-23(17-7-3-2-4-8-17)21(30(22)14-16)15-32-25-29-28-24(31-25)19-13-26-20-10-6-5-9-18(19)20/h2-14,26H,15H2,1H3. The molecule has 1 N–H and O–H groups in total. The molecule has 0 spiro atoms. The van der Waals surface area contributed by atoms with Crippen molar-refractivity contribution in [2.24, 2.45) is 0 Å². The number of H-pyrrole nitrogens is 1. The summed E-state index contributed by atoms with van der Waals surface area (Å²) >= 11 is 1.52. The van der Waals surface area contributed by atoms with Gasteiger partial charge in [0.1, 0.15) is 5.65 Å². The zero-order valence-corrected chi connectivity index (χ0v) is 18.1. The lowest BCUT2D eigenvalue weighted by Gasteiger charge is -2.04. The minimum absolute atomic E-state index is 0.516. The van der Waals surface area contributed by atoms with E-state index in [1.54, 1.807) is 0 Å². The molecule has 0 amide bonds. The SMILES string of the molecule is Cc1ccc2nc(-c3ccccc3)c(CSc3nnc(-c4c[nH]c5ccccc45)o3)n2c1. The van der Waals surface area contributed by atoms with Crippen molar-refractivity contribution in [3.05, 3.63) is 90.4 Å². The Morgan fingerprint density at radius 2 is 1.81 bits per heavy atom. The molecule has 6 rings (SSSR count). The smallest absolute Gasteiger partial charge is 0.277 e. The third kappa shape index (κ3) is 3.27. The maximum atomic E-state index is 6.01. The number of pyridine rings is 1. The number of benzene rings is 2. The monoisotopic (exact) mass is 437 g/mol. The van der Waals surface area contributed by atoms with Gasteiger partial charge in [0, 0.05) is 34.6 Å². The van der Waals surface area contributed by atoms with E-state index in [4.69, 9.17) is 9.40 Å². The van der Waals surface area contributed by atoms with Crippen LogP contribution in [0.1, 0.15) is 11.3 Å². The quantitative estimate of drug-likeness (QED) is 0.328. The second-order valence-corrected chi connectivity index (χ2v) is 8.54. The Balaban J connectivity index is 1.34. The Kier molecular flexibility index (Phi) is 4.54. The van der Waals surface area contributed by atoms with Crippen LogP contribution >= 0.6 is 11.8 Å². The Bertz CT molecular complexity index is 1550. The van der Waals surface area contributed by atoms with Gasteiger partial charge in [-0.25, -0.2) is 4.98 Å². The second-order valence-electron chi connectivity index (χ2n) is 7.62. The number of hydrogen-bond acceptors (Lipinski definition) is 5. The van der Waals surface area contributed by atoms with Gasteiger partial charge < -0.3 is 13.8 Å². The van der Waals surface area contributed by atoms with Crippen molar-refractivity contribution in [1.82, 2.24) is 24.6 Å². The highest BCUT2D eigenvalue weighted by Gasteiger charge is 2.17. The number of aryl methyl sites for hydroxylation is 1. The Morgan fingerprint density at radius 3 is 2.72 bits per heavy atom. The van der Waals surface area contributed by atoms with Gasteiger partial charge in [0.15, 0.2) is 0 Å².